The first-order chi connectivity index (χ1) is 7.49. The van der Waals surface area contributed by atoms with Gasteiger partial charge in [0.1, 0.15) is 4.21 Å². The number of thiophene rings is 1. The smallest absolute Gasteiger partial charge is 0.209 e. The van der Waals surface area contributed by atoms with Crippen molar-refractivity contribution in [1.82, 2.24) is 4.72 Å². The maximum Gasteiger partial charge on any atom is 0.250 e. The Morgan fingerprint density at radius 2 is 2.25 bits per heavy atom. The van der Waals surface area contributed by atoms with Gasteiger partial charge in [0.15, 0.2) is 0 Å². The van der Waals surface area contributed by atoms with E-state index in [9.17, 15) is 8.42 Å². The lowest BCUT2D eigenvalue weighted by Crippen LogP contribution is -2.29. The molecule has 0 bridgehead atoms. The van der Waals surface area contributed by atoms with E-state index in [0.29, 0.717) is 16.8 Å². The van der Waals surface area contributed by atoms with E-state index in [2.05, 4.69) is 20.7 Å². The number of sulfonamides is 1. The van der Waals surface area contributed by atoms with Crippen LogP contribution in [0, 0.1) is 5.92 Å². The van der Waals surface area contributed by atoms with E-state index in [1.54, 1.807) is 6.07 Å². The summed E-state index contributed by atoms with van der Waals surface area (Å²) in [5.74, 6) is 0.620. The molecule has 1 aromatic rings. The fraction of sp³-hybridized carbons (Fsp3) is 0.556. The molecule has 1 aromatic heterocycles. The third-order valence-electron chi connectivity index (χ3n) is 2.42. The molecule has 0 spiro atoms. The van der Waals surface area contributed by atoms with Gasteiger partial charge in [-0.1, -0.05) is 27.5 Å². The summed E-state index contributed by atoms with van der Waals surface area (Å²) in [6.45, 7) is 0.433. The third-order valence-corrected chi connectivity index (χ3v) is 6.63. The molecule has 1 fully saturated rings. The number of hydrogen-bond donors (Lipinski definition) is 1. The summed E-state index contributed by atoms with van der Waals surface area (Å²) < 4.78 is 27.0. The Hall–Kier alpha value is 0.380. The first kappa shape index (κ1) is 12.8. The van der Waals surface area contributed by atoms with Gasteiger partial charge in [0, 0.05) is 11.4 Å². The van der Waals surface area contributed by atoms with Crippen molar-refractivity contribution in [2.75, 3.05) is 6.54 Å². The van der Waals surface area contributed by atoms with Gasteiger partial charge in [-0.2, -0.15) is 0 Å². The first-order valence-corrected chi connectivity index (χ1v) is 8.47. The molecule has 0 radical (unpaired) electrons. The molecule has 1 atom stereocenters. The van der Waals surface area contributed by atoms with E-state index in [1.165, 1.54) is 18.9 Å². The zero-order valence-corrected chi connectivity index (χ0v) is 12.3. The summed E-state index contributed by atoms with van der Waals surface area (Å²) in [7, 11) is -3.39. The highest BCUT2D eigenvalue weighted by Crippen LogP contribution is 2.36. The van der Waals surface area contributed by atoms with Gasteiger partial charge in [-0.15, -0.1) is 11.3 Å². The lowest BCUT2D eigenvalue weighted by atomic mass is 10.3. The zero-order valence-electron chi connectivity index (χ0n) is 8.32. The van der Waals surface area contributed by atoms with Gasteiger partial charge < -0.3 is 0 Å². The lowest BCUT2D eigenvalue weighted by Gasteiger charge is -2.09. The van der Waals surface area contributed by atoms with Crippen molar-refractivity contribution in [1.29, 1.82) is 0 Å². The summed E-state index contributed by atoms with van der Waals surface area (Å²) >= 11 is 10.3. The van der Waals surface area contributed by atoms with Crippen molar-refractivity contribution in [3.8, 4) is 0 Å². The maximum absolute atomic E-state index is 11.8. The molecule has 0 saturated heterocycles. The summed E-state index contributed by atoms with van der Waals surface area (Å²) in [4.78, 5) is 0.234. The van der Waals surface area contributed by atoms with Crippen LogP contribution in [0.15, 0.2) is 16.3 Å². The van der Waals surface area contributed by atoms with Crippen molar-refractivity contribution in [3.05, 3.63) is 16.5 Å². The van der Waals surface area contributed by atoms with Crippen molar-refractivity contribution in [2.24, 2.45) is 5.92 Å². The van der Waals surface area contributed by atoms with Crippen molar-refractivity contribution in [2.45, 2.75) is 21.9 Å². The molecule has 2 rings (SSSR count). The summed E-state index contributed by atoms with van der Waals surface area (Å²) in [5, 5.41) is 0. The van der Waals surface area contributed by atoms with Crippen molar-refractivity contribution in [3.63, 3.8) is 0 Å². The van der Waals surface area contributed by atoms with Crippen LogP contribution >= 0.6 is 38.9 Å². The number of alkyl halides is 1. The van der Waals surface area contributed by atoms with Crippen LogP contribution in [0.2, 0.25) is 4.34 Å². The molecule has 3 nitrogen and oxygen atoms in total. The Balaban J connectivity index is 1.97. The molecule has 1 aliphatic rings. The molecular weight excluding hydrogens is 334 g/mol. The van der Waals surface area contributed by atoms with E-state index in [-0.39, 0.29) is 9.04 Å². The van der Waals surface area contributed by atoms with Crippen LogP contribution in [0.3, 0.4) is 0 Å². The van der Waals surface area contributed by atoms with Crippen LogP contribution in [0.4, 0.5) is 0 Å². The second-order valence-electron chi connectivity index (χ2n) is 3.76. The fourth-order valence-electron chi connectivity index (χ4n) is 1.33. The van der Waals surface area contributed by atoms with Gasteiger partial charge >= 0.3 is 0 Å². The summed E-state index contributed by atoms with van der Waals surface area (Å²) in [6, 6.07) is 3.11. The number of hydrogen-bond acceptors (Lipinski definition) is 3. The molecule has 7 heteroatoms. The van der Waals surface area contributed by atoms with Crippen LogP contribution < -0.4 is 4.72 Å². The van der Waals surface area contributed by atoms with Crippen LogP contribution in [0.5, 0.6) is 0 Å². The Morgan fingerprint density at radius 3 is 2.75 bits per heavy atom. The van der Waals surface area contributed by atoms with Crippen LogP contribution in [-0.2, 0) is 10.0 Å². The van der Waals surface area contributed by atoms with Gasteiger partial charge in [0.05, 0.1) is 4.34 Å². The van der Waals surface area contributed by atoms with E-state index in [0.717, 1.165) is 11.3 Å². The summed E-state index contributed by atoms with van der Waals surface area (Å²) in [5.41, 5.74) is 0. The van der Waals surface area contributed by atoms with Crippen LogP contribution in [0.1, 0.15) is 12.8 Å². The molecule has 1 heterocycles. The van der Waals surface area contributed by atoms with Crippen molar-refractivity contribution < 1.29 is 8.42 Å². The Bertz CT molecular complexity index is 470. The molecule has 0 aromatic carbocycles. The average Bonchev–Trinajstić information content (AvgIpc) is 2.98. The predicted octanol–water partition coefficient (Wildman–Crippen LogP) is 2.85. The molecular formula is C9H11BrClNO2S2. The largest absolute Gasteiger partial charge is 0.250 e. The molecule has 1 aliphatic carbocycles. The lowest BCUT2D eigenvalue weighted by molar-refractivity contribution is 0.580. The van der Waals surface area contributed by atoms with E-state index in [1.807, 2.05) is 0 Å². The summed E-state index contributed by atoms with van der Waals surface area (Å²) in [6.07, 6.45) is 2.37. The molecule has 0 amide bonds. The highest BCUT2D eigenvalue weighted by molar-refractivity contribution is 9.09. The fourth-order valence-corrected chi connectivity index (χ4v) is 4.82. The third kappa shape index (κ3) is 3.20. The van der Waals surface area contributed by atoms with Gasteiger partial charge in [-0.3, -0.25) is 0 Å². The highest BCUT2D eigenvalue weighted by atomic mass is 79.9. The van der Waals surface area contributed by atoms with Gasteiger partial charge in [-0.05, 0) is 30.9 Å². The molecule has 90 valence electrons. The average molecular weight is 345 g/mol. The first-order valence-electron chi connectivity index (χ1n) is 4.88. The van der Waals surface area contributed by atoms with E-state index < -0.39 is 10.0 Å². The standard InChI is InChI=1S/C9H11BrClNO2S2/c10-7(6-1-2-6)5-12-16(13,14)9-4-3-8(11)15-9/h3-4,6-7,12H,1-2,5H2. The molecule has 16 heavy (non-hydrogen) atoms. The number of halogens is 2. The zero-order chi connectivity index (χ0) is 11.8. The van der Waals surface area contributed by atoms with E-state index in [4.69, 9.17) is 11.6 Å². The molecule has 1 saturated carbocycles. The van der Waals surface area contributed by atoms with Crippen LogP contribution in [0.25, 0.3) is 0 Å². The number of rotatable bonds is 5. The Kier molecular flexibility index (Phi) is 3.96. The minimum absolute atomic E-state index is 0.234. The second kappa shape index (κ2) is 4.94. The second-order valence-corrected chi connectivity index (χ2v) is 8.65. The van der Waals surface area contributed by atoms with Gasteiger partial charge in [0.25, 0.3) is 0 Å². The SMILES string of the molecule is O=S(=O)(NCC(Br)C1CC1)c1ccc(Cl)s1. The number of nitrogens with one attached hydrogen (secondary N) is 1. The minimum Gasteiger partial charge on any atom is -0.209 e. The van der Waals surface area contributed by atoms with Crippen LogP contribution in [-0.4, -0.2) is 19.8 Å². The highest BCUT2D eigenvalue weighted by Gasteiger charge is 2.30. The predicted molar refractivity (Wildman–Crippen MR) is 70.0 cm³/mol. The molecule has 0 aliphatic heterocycles. The van der Waals surface area contributed by atoms with Crippen molar-refractivity contribution >= 4 is 48.9 Å². The molecule has 1 unspecified atom stereocenters. The minimum atomic E-state index is -3.39. The quantitative estimate of drug-likeness (QED) is 0.835. The van der Waals surface area contributed by atoms with Gasteiger partial charge in [0.2, 0.25) is 10.0 Å². The Morgan fingerprint density at radius 1 is 1.56 bits per heavy atom. The van der Waals surface area contributed by atoms with E-state index >= 15 is 0 Å². The van der Waals surface area contributed by atoms with Gasteiger partial charge in [-0.25, -0.2) is 13.1 Å². The topological polar surface area (TPSA) is 46.2 Å². The maximum atomic E-state index is 11.8. The monoisotopic (exact) mass is 343 g/mol. The molecule has 1 N–H and O–H groups in total. The Labute approximate surface area is 112 Å². The normalized spacial score (nSPS) is 18.6.